The number of aliphatic imine (C=N–C) groups is 1. The summed E-state index contributed by atoms with van der Waals surface area (Å²) in [6.07, 6.45) is 13.5. The number of hydrogen-bond acceptors (Lipinski definition) is 6. The van der Waals surface area contributed by atoms with E-state index >= 15 is 0 Å². The Labute approximate surface area is 193 Å². The summed E-state index contributed by atoms with van der Waals surface area (Å²) in [5, 5.41) is 26.0. The van der Waals surface area contributed by atoms with Gasteiger partial charge in [0, 0.05) is 49.5 Å². The molecule has 7 heteroatoms. The summed E-state index contributed by atoms with van der Waals surface area (Å²) in [5.41, 5.74) is 3.98. The lowest BCUT2D eigenvalue weighted by Gasteiger charge is -2.27. The van der Waals surface area contributed by atoms with Crippen molar-refractivity contribution in [2.24, 2.45) is 10.4 Å². The van der Waals surface area contributed by atoms with Gasteiger partial charge in [-0.25, -0.2) is 4.99 Å². The van der Waals surface area contributed by atoms with Gasteiger partial charge in [0.2, 0.25) is 0 Å². The van der Waals surface area contributed by atoms with E-state index in [0.29, 0.717) is 23.9 Å². The molecule has 0 amide bonds. The second-order valence-electron chi connectivity index (χ2n) is 9.30. The van der Waals surface area contributed by atoms with Gasteiger partial charge in [-0.15, -0.1) is 0 Å². The highest BCUT2D eigenvalue weighted by molar-refractivity contribution is 6.13. The molecule has 0 spiro atoms. The summed E-state index contributed by atoms with van der Waals surface area (Å²) in [6, 6.07) is 0.370. The third kappa shape index (κ3) is 6.19. The fraction of sp³-hybridized carbons (Fsp3) is 0.560. The first-order valence-corrected chi connectivity index (χ1v) is 11.6. The zero-order valence-corrected chi connectivity index (χ0v) is 20.7. The predicted molar refractivity (Wildman–Crippen MR) is 133 cm³/mol. The van der Waals surface area contributed by atoms with Gasteiger partial charge in [0.05, 0.1) is 35.4 Å². The number of hydrogen-bond donors (Lipinski definition) is 3. The first kappa shape index (κ1) is 25.6. The second-order valence-corrected chi connectivity index (χ2v) is 9.30. The minimum atomic E-state index is -0.497. The maximum atomic E-state index is 10.3. The van der Waals surface area contributed by atoms with Crippen molar-refractivity contribution >= 4 is 11.9 Å². The van der Waals surface area contributed by atoms with E-state index in [0.717, 1.165) is 36.2 Å². The minimum Gasteiger partial charge on any atom is -0.391 e. The summed E-state index contributed by atoms with van der Waals surface area (Å²) in [4.78, 5) is 6.99. The smallest absolute Gasteiger partial charge is 0.0974 e. The van der Waals surface area contributed by atoms with Crippen LogP contribution in [0.1, 0.15) is 72.4 Å². The van der Waals surface area contributed by atoms with Crippen LogP contribution in [-0.4, -0.2) is 51.4 Å². The molecule has 0 fully saturated rings. The maximum Gasteiger partial charge on any atom is 0.0974 e. The van der Waals surface area contributed by atoms with Crippen molar-refractivity contribution in [3.8, 4) is 0 Å². The molecule has 0 saturated heterocycles. The molecule has 32 heavy (non-hydrogen) atoms. The summed E-state index contributed by atoms with van der Waals surface area (Å²) >= 11 is 0. The Balaban J connectivity index is 2.38. The van der Waals surface area contributed by atoms with Crippen molar-refractivity contribution in [1.29, 1.82) is 5.41 Å². The molecule has 0 aromatic carbocycles. The molecule has 2 rings (SSSR count). The first-order chi connectivity index (χ1) is 15.2. The number of allylic oxidation sites excluding steroid dienone is 3. The molecule has 0 radical (unpaired) electrons. The summed E-state index contributed by atoms with van der Waals surface area (Å²) in [6.45, 7) is 12.9. The van der Waals surface area contributed by atoms with Crippen molar-refractivity contribution < 1.29 is 5.11 Å². The monoisotopic (exact) mass is 440 g/mol. The summed E-state index contributed by atoms with van der Waals surface area (Å²) in [7, 11) is 2.00. The van der Waals surface area contributed by atoms with Gasteiger partial charge >= 0.3 is 0 Å². The molecule has 0 aliphatic carbocycles. The van der Waals surface area contributed by atoms with E-state index in [9.17, 15) is 5.11 Å². The van der Waals surface area contributed by atoms with Crippen LogP contribution in [0.2, 0.25) is 0 Å². The fourth-order valence-electron chi connectivity index (χ4n) is 3.51. The van der Waals surface area contributed by atoms with Crippen molar-refractivity contribution in [3.63, 3.8) is 0 Å². The number of aliphatic hydroxyl groups excluding tert-OH is 1. The highest BCUT2D eigenvalue weighted by Gasteiger charge is 2.23. The zero-order chi connectivity index (χ0) is 23.9. The number of nitrogens with zero attached hydrogens (tertiary/aromatic N) is 4. The number of rotatable bonds is 10. The van der Waals surface area contributed by atoms with Gasteiger partial charge in [-0.1, -0.05) is 47.6 Å². The normalized spacial score (nSPS) is 17.5. The van der Waals surface area contributed by atoms with Crippen molar-refractivity contribution in [1.82, 2.24) is 20.0 Å². The molecule has 7 nitrogen and oxygen atoms in total. The molecule has 1 aromatic rings. The van der Waals surface area contributed by atoms with E-state index in [2.05, 4.69) is 48.4 Å². The number of likely N-dealkylation sites (N-methyl/N-ethyl adjacent to an activating group) is 1. The van der Waals surface area contributed by atoms with Crippen LogP contribution in [0.3, 0.4) is 0 Å². The molecule has 1 aliphatic heterocycles. The van der Waals surface area contributed by atoms with Crippen LogP contribution < -0.4 is 5.32 Å². The maximum absolute atomic E-state index is 10.3. The van der Waals surface area contributed by atoms with Crippen LogP contribution in [0.25, 0.3) is 0 Å². The van der Waals surface area contributed by atoms with Crippen LogP contribution in [-0.2, 0) is 0 Å². The molecule has 1 unspecified atom stereocenters. The van der Waals surface area contributed by atoms with E-state index < -0.39 is 6.10 Å². The highest BCUT2D eigenvalue weighted by atomic mass is 16.3. The molecule has 0 bridgehead atoms. The quantitative estimate of drug-likeness (QED) is 0.462. The standard InChI is InChI=1S/C25H40N6O/c1-8-11-22-24(19-14-28-31(16-19)20(9-2)10-3)29-21(17-30(22)7)18(12-26)13-27-15-23(32)25(4,5)6/h11-14,16-17,20,23,26-27,32H,8-10,15H2,1-7H3/b18-13+,22-11-,26-12?. The van der Waals surface area contributed by atoms with Crippen LogP contribution in [0.15, 0.2) is 52.8 Å². The second kappa shape index (κ2) is 11.3. The van der Waals surface area contributed by atoms with Gasteiger partial charge in [0.15, 0.2) is 0 Å². The number of aliphatic hydroxyl groups is 1. The zero-order valence-electron chi connectivity index (χ0n) is 20.7. The number of nitrogens with one attached hydrogen (secondary N) is 2. The molecule has 1 atom stereocenters. The Bertz CT molecular complexity index is 896. The Morgan fingerprint density at radius 3 is 2.50 bits per heavy atom. The third-order valence-corrected chi connectivity index (χ3v) is 5.78. The van der Waals surface area contributed by atoms with Gasteiger partial charge in [-0.3, -0.25) is 4.68 Å². The average Bonchev–Trinajstić information content (AvgIpc) is 3.22. The largest absolute Gasteiger partial charge is 0.391 e. The Hall–Kier alpha value is -2.67. The lowest BCUT2D eigenvalue weighted by molar-refractivity contribution is 0.0659. The summed E-state index contributed by atoms with van der Waals surface area (Å²) < 4.78 is 2.03. The molecule has 0 saturated carbocycles. The minimum absolute atomic E-state index is 0.212. The predicted octanol–water partition coefficient (Wildman–Crippen LogP) is 4.64. The van der Waals surface area contributed by atoms with Crippen LogP contribution >= 0.6 is 0 Å². The number of aromatic nitrogens is 2. The first-order valence-electron chi connectivity index (χ1n) is 11.6. The van der Waals surface area contributed by atoms with Gasteiger partial charge in [-0.2, -0.15) is 5.10 Å². The highest BCUT2D eigenvalue weighted by Crippen LogP contribution is 2.26. The SMILES string of the molecule is CC/C=C1/C(c2cnn(C(CC)CC)c2)=NC(/C(C=N)=C/NCC(O)C(C)(C)C)=CN1C. The molecular formula is C25H40N6O. The topological polar surface area (TPSA) is 89.5 Å². The molecule has 3 N–H and O–H groups in total. The molecule has 2 heterocycles. The van der Waals surface area contributed by atoms with E-state index in [1.165, 1.54) is 6.21 Å². The summed E-state index contributed by atoms with van der Waals surface area (Å²) in [5.74, 6) is 0. The Morgan fingerprint density at radius 2 is 1.94 bits per heavy atom. The van der Waals surface area contributed by atoms with Crippen LogP contribution in [0, 0.1) is 10.8 Å². The van der Waals surface area contributed by atoms with Crippen LogP contribution in [0.5, 0.6) is 0 Å². The Kier molecular flexibility index (Phi) is 9.01. The van der Waals surface area contributed by atoms with Gasteiger partial charge < -0.3 is 20.7 Å². The fourth-order valence-corrected chi connectivity index (χ4v) is 3.51. The average molecular weight is 441 g/mol. The lowest BCUT2D eigenvalue weighted by Crippen LogP contribution is -2.35. The van der Waals surface area contributed by atoms with Gasteiger partial charge in [-0.05, 0) is 24.7 Å². The molecule has 1 aromatic heterocycles. The van der Waals surface area contributed by atoms with Crippen molar-refractivity contribution in [2.75, 3.05) is 13.6 Å². The molecule has 1 aliphatic rings. The van der Waals surface area contributed by atoms with E-state index in [1.807, 2.05) is 44.9 Å². The molecular weight excluding hydrogens is 400 g/mol. The van der Waals surface area contributed by atoms with Crippen LogP contribution in [0.4, 0.5) is 0 Å². The van der Waals surface area contributed by atoms with E-state index in [4.69, 9.17) is 10.4 Å². The molecule has 176 valence electrons. The third-order valence-electron chi connectivity index (χ3n) is 5.78. The van der Waals surface area contributed by atoms with E-state index in [-0.39, 0.29) is 5.41 Å². The van der Waals surface area contributed by atoms with Crippen molar-refractivity contribution in [2.45, 2.75) is 73.0 Å². The Morgan fingerprint density at radius 1 is 1.25 bits per heavy atom. The van der Waals surface area contributed by atoms with Crippen molar-refractivity contribution in [3.05, 3.63) is 53.4 Å². The van der Waals surface area contributed by atoms with Gasteiger partial charge in [0.25, 0.3) is 0 Å². The lowest BCUT2D eigenvalue weighted by atomic mass is 9.89. The van der Waals surface area contributed by atoms with Gasteiger partial charge in [0.1, 0.15) is 0 Å². The van der Waals surface area contributed by atoms with E-state index in [1.54, 1.807) is 6.20 Å².